The van der Waals surface area contributed by atoms with Crippen LogP contribution in [0.15, 0.2) is 11.3 Å². The third kappa shape index (κ3) is 1.09. The number of carbonyl (C=O) groups excluding carboxylic acids is 1. The van der Waals surface area contributed by atoms with Crippen molar-refractivity contribution >= 4 is 5.91 Å². The average Bonchev–Trinajstić information content (AvgIpc) is 2.04. The number of rotatable bonds is 0. The summed E-state index contributed by atoms with van der Waals surface area (Å²) in [7, 11) is 0. The minimum Gasteiger partial charge on any atom is -0.512 e. The van der Waals surface area contributed by atoms with Crippen LogP contribution >= 0.6 is 0 Å². The van der Waals surface area contributed by atoms with Crippen molar-refractivity contribution in [3.8, 4) is 0 Å². The lowest BCUT2D eigenvalue weighted by atomic mass is 9.82. The highest BCUT2D eigenvalue weighted by Gasteiger charge is 2.30. The molecular formula is C9H13NO2. The van der Waals surface area contributed by atoms with Crippen LogP contribution in [0.1, 0.15) is 25.7 Å². The molecule has 1 heterocycles. The number of piperidine rings is 1. The van der Waals surface area contributed by atoms with E-state index in [1.165, 1.54) is 0 Å². The van der Waals surface area contributed by atoms with Gasteiger partial charge in [0.25, 0.3) is 5.91 Å². The van der Waals surface area contributed by atoms with Gasteiger partial charge in [0, 0.05) is 13.0 Å². The molecule has 3 nitrogen and oxygen atoms in total. The Morgan fingerprint density at radius 3 is 3.00 bits per heavy atom. The molecule has 1 fully saturated rings. The molecule has 0 bridgehead atoms. The van der Waals surface area contributed by atoms with Gasteiger partial charge in [0.1, 0.15) is 5.76 Å². The zero-order valence-corrected chi connectivity index (χ0v) is 6.97. The Bertz CT molecular complexity index is 245. The summed E-state index contributed by atoms with van der Waals surface area (Å²) < 4.78 is 0. The lowest BCUT2D eigenvalue weighted by Crippen LogP contribution is -2.38. The standard InChI is InChI=1S/C9H13NO2/c11-7-3-1-2-6-4-5-10-9(12)8(6)7/h6,11H,1-5H2,(H,10,12). The third-order valence-corrected chi connectivity index (χ3v) is 2.71. The molecule has 2 rings (SSSR count). The minimum atomic E-state index is -0.0524. The Morgan fingerprint density at radius 2 is 2.25 bits per heavy atom. The summed E-state index contributed by atoms with van der Waals surface area (Å²) in [5.41, 5.74) is 0.660. The zero-order chi connectivity index (χ0) is 8.55. The van der Waals surface area contributed by atoms with E-state index in [4.69, 9.17) is 0 Å². The van der Waals surface area contributed by atoms with E-state index in [2.05, 4.69) is 5.32 Å². The molecule has 0 aromatic heterocycles. The summed E-state index contributed by atoms with van der Waals surface area (Å²) in [4.78, 5) is 11.3. The fourth-order valence-electron chi connectivity index (χ4n) is 2.09. The van der Waals surface area contributed by atoms with Gasteiger partial charge in [0.05, 0.1) is 5.57 Å². The maximum Gasteiger partial charge on any atom is 0.250 e. The number of hydrogen-bond donors (Lipinski definition) is 2. The second-order valence-electron chi connectivity index (χ2n) is 3.49. The van der Waals surface area contributed by atoms with Gasteiger partial charge in [-0.25, -0.2) is 0 Å². The van der Waals surface area contributed by atoms with E-state index in [0.717, 1.165) is 25.8 Å². The van der Waals surface area contributed by atoms with Gasteiger partial charge in [-0.3, -0.25) is 4.79 Å². The van der Waals surface area contributed by atoms with E-state index in [9.17, 15) is 9.90 Å². The van der Waals surface area contributed by atoms with Crippen LogP contribution in [0.25, 0.3) is 0 Å². The SMILES string of the molecule is O=C1NCCC2CCCC(O)=C12. The topological polar surface area (TPSA) is 49.3 Å². The molecule has 2 N–H and O–H groups in total. The molecule has 0 saturated carbocycles. The van der Waals surface area contributed by atoms with Crippen molar-refractivity contribution in [3.05, 3.63) is 11.3 Å². The lowest BCUT2D eigenvalue weighted by molar-refractivity contribution is -0.119. The van der Waals surface area contributed by atoms with Crippen molar-refractivity contribution < 1.29 is 9.90 Å². The highest BCUT2D eigenvalue weighted by molar-refractivity contribution is 5.95. The lowest BCUT2D eigenvalue weighted by Gasteiger charge is -2.29. The maximum absolute atomic E-state index is 11.3. The number of fused-ring (bicyclic) bond motifs is 1. The van der Waals surface area contributed by atoms with Gasteiger partial charge in [-0.15, -0.1) is 0 Å². The molecular weight excluding hydrogens is 154 g/mol. The first kappa shape index (κ1) is 7.65. The van der Waals surface area contributed by atoms with E-state index < -0.39 is 0 Å². The van der Waals surface area contributed by atoms with Gasteiger partial charge in [0.2, 0.25) is 0 Å². The summed E-state index contributed by atoms with van der Waals surface area (Å²) >= 11 is 0. The predicted octanol–water partition coefficient (Wildman–Crippen LogP) is 1.12. The largest absolute Gasteiger partial charge is 0.512 e. The molecule has 1 atom stereocenters. The summed E-state index contributed by atoms with van der Waals surface area (Å²) in [6.07, 6.45) is 3.75. The highest BCUT2D eigenvalue weighted by atomic mass is 16.3. The number of hydrogen-bond acceptors (Lipinski definition) is 2. The quantitative estimate of drug-likeness (QED) is 0.568. The normalized spacial score (nSPS) is 29.7. The monoisotopic (exact) mass is 167 g/mol. The van der Waals surface area contributed by atoms with Crippen molar-refractivity contribution in [2.45, 2.75) is 25.7 Å². The Hall–Kier alpha value is -0.990. The van der Waals surface area contributed by atoms with E-state index in [1.807, 2.05) is 0 Å². The van der Waals surface area contributed by atoms with Crippen LogP contribution in [0.3, 0.4) is 0 Å². The first-order valence-electron chi connectivity index (χ1n) is 4.49. The Kier molecular flexibility index (Phi) is 1.79. The molecule has 0 aromatic carbocycles. The fraction of sp³-hybridized carbons (Fsp3) is 0.667. The van der Waals surface area contributed by atoms with Gasteiger partial charge in [-0.05, 0) is 25.2 Å². The number of carbonyl (C=O) groups is 1. The van der Waals surface area contributed by atoms with Gasteiger partial charge >= 0.3 is 0 Å². The molecule has 66 valence electrons. The predicted molar refractivity (Wildman–Crippen MR) is 44.6 cm³/mol. The zero-order valence-electron chi connectivity index (χ0n) is 6.97. The van der Waals surface area contributed by atoms with E-state index in [-0.39, 0.29) is 5.91 Å². The number of nitrogens with one attached hydrogen (secondary N) is 1. The van der Waals surface area contributed by atoms with Gasteiger partial charge in [-0.2, -0.15) is 0 Å². The molecule has 0 radical (unpaired) electrons. The van der Waals surface area contributed by atoms with Gasteiger partial charge in [0.15, 0.2) is 0 Å². The van der Waals surface area contributed by atoms with Gasteiger partial charge < -0.3 is 10.4 Å². The molecule has 2 aliphatic rings. The van der Waals surface area contributed by atoms with Crippen LogP contribution in [-0.2, 0) is 4.79 Å². The smallest absolute Gasteiger partial charge is 0.250 e. The van der Waals surface area contributed by atoms with Crippen LogP contribution < -0.4 is 5.32 Å². The van der Waals surface area contributed by atoms with Crippen LogP contribution in [0.4, 0.5) is 0 Å². The highest BCUT2D eigenvalue weighted by Crippen LogP contribution is 2.32. The fourth-order valence-corrected chi connectivity index (χ4v) is 2.09. The van der Waals surface area contributed by atoms with Crippen molar-refractivity contribution in [2.24, 2.45) is 5.92 Å². The van der Waals surface area contributed by atoms with Gasteiger partial charge in [-0.1, -0.05) is 0 Å². The Balaban J connectivity index is 2.32. The molecule has 1 aliphatic carbocycles. The summed E-state index contributed by atoms with van der Waals surface area (Å²) in [5.74, 6) is 0.597. The first-order valence-corrected chi connectivity index (χ1v) is 4.49. The minimum absolute atomic E-state index is 0.0524. The number of amides is 1. The molecule has 3 heteroatoms. The van der Waals surface area contributed by atoms with Crippen molar-refractivity contribution in [1.82, 2.24) is 5.32 Å². The maximum atomic E-state index is 11.3. The van der Waals surface area contributed by atoms with Crippen LogP contribution in [-0.4, -0.2) is 17.6 Å². The van der Waals surface area contributed by atoms with Crippen molar-refractivity contribution in [3.63, 3.8) is 0 Å². The number of aliphatic hydroxyl groups excluding tert-OH is 1. The molecule has 1 amide bonds. The summed E-state index contributed by atoms with van der Waals surface area (Å²) in [6, 6.07) is 0. The van der Waals surface area contributed by atoms with E-state index in [1.54, 1.807) is 0 Å². The third-order valence-electron chi connectivity index (χ3n) is 2.71. The van der Waals surface area contributed by atoms with E-state index in [0.29, 0.717) is 23.7 Å². The number of allylic oxidation sites excluding steroid dienone is 1. The summed E-state index contributed by atoms with van der Waals surface area (Å²) in [6.45, 7) is 0.764. The second kappa shape index (κ2) is 2.81. The van der Waals surface area contributed by atoms with Crippen molar-refractivity contribution in [1.29, 1.82) is 0 Å². The van der Waals surface area contributed by atoms with E-state index >= 15 is 0 Å². The van der Waals surface area contributed by atoms with Crippen LogP contribution in [0.5, 0.6) is 0 Å². The average molecular weight is 167 g/mol. The van der Waals surface area contributed by atoms with Crippen LogP contribution in [0, 0.1) is 5.92 Å². The molecule has 0 spiro atoms. The molecule has 12 heavy (non-hydrogen) atoms. The second-order valence-corrected chi connectivity index (χ2v) is 3.49. The molecule has 1 saturated heterocycles. The summed E-state index contributed by atoms with van der Waals surface area (Å²) in [5, 5.41) is 12.2. The van der Waals surface area contributed by atoms with Crippen molar-refractivity contribution in [2.75, 3.05) is 6.54 Å². The Morgan fingerprint density at radius 1 is 1.42 bits per heavy atom. The Labute approximate surface area is 71.5 Å². The number of aliphatic hydroxyl groups is 1. The molecule has 1 unspecified atom stereocenters. The first-order chi connectivity index (χ1) is 5.79. The molecule has 1 aliphatic heterocycles. The molecule has 0 aromatic rings. The van der Waals surface area contributed by atoms with Crippen LogP contribution in [0.2, 0.25) is 0 Å².